The van der Waals surface area contributed by atoms with Crippen molar-refractivity contribution in [3.63, 3.8) is 0 Å². The average Bonchev–Trinajstić information content (AvgIpc) is 2.16. The van der Waals surface area contributed by atoms with Crippen LogP contribution in [0.3, 0.4) is 0 Å². The average molecular weight is 240 g/mol. The van der Waals surface area contributed by atoms with Crippen molar-refractivity contribution in [1.29, 1.82) is 0 Å². The zero-order valence-corrected chi connectivity index (χ0v) is 9.89. The molecular formula is C12H16Br. The van der Waals surface area contributed by atoms with Crippen LogP contribution in [0.1, 0.15) is 32.3 Å². The number of rotatable bonds is 4. The zero-order chi connectivity index (χ0) is 9.68. The summed E-state index contributed by atoms with van der Waals surface area (Å²) >= 11 is 3.51. The number of aryl methyl sites for hydroxylation is 1. The predicted molar refractivity (Wildman–Crippen MR) is 60.8 cm³/mol. The topological polar surface area (TPSA) is 0 Å². The summed E-state index contributed by atoms with van der Waals surface area (Å²) in [6.07, 6.45) is 3.70. The van der Waals surface area contributed by atoms with Gasteiger partial charge in [-0.3, -0.25) is 0 Å². The Morgan fingerprint density at radius 2 is 2.31 bits per heavy atom. The Labute approximate surface area is 89.5 Å². The van der Waals surface area contributed by atoms with Crippen molar-refractivity contribution in [1.82, 2.24) is 0 Å². The molecule has 0 heterocycles. The second-order valence-electron chi connectivity index (χ2n) is 3.56. The van der Waals surface area contributed by atoms with Gasteiger partial charge in [0.2, 0.25) is 0 Å². The van der Waals surface area contributed by atoms with Crippen LogP contribution in [0.2, 0.25) is 0 Å². The molecule has 0 nitrogen and oxygen atoms in total. The van der Waals surface area contributed by atoms with E-state index in [0.717, 1.165) is 16.8 Å². The molecule has 1 aromatic rings. The van der Waals surface area contributed by atoms with Crippen LogP contribution in [0.5, 0.6) is 0 Å². The van der Waals surface area contributed by atoms with Crippen LogP contribution >= 0.6 is 15.9 Å². The Hall–Kier alpha value is -0.300. The lowest BCUT2D eigenvalue weighted by molar-refractivity contribution is 0.516. The summed E-state index contributed by atoms with van der Waals surface area (Å²) in [5, 5.41) is 0. The lowest BCUT2D eigenvalue weighted by atomic mass is 9.99. The first-order valence-electron chi connectivity index (χ1n) is 4.89. The molecule has 0 aliphatic rings. The number of hydrogen-bond donors (Lipinski definition) is 0. The van der Waals surface area contributed by atoms with Crippen LogP contribution in [-0.2, 0) is 6.42 Å². The summed E-state index contributed by atoms with van der Waals surface area (Å²) in [6.45, 7) is 4.55. The van der Waals surface area contributed by atoms with Gasteiger partial charge < -0.3 is 0 Å². The summed E-state index contributed by atoms with van der Waals surface area (Å²) in [4.78, 5) is 0. The second-order valence-corrected chi connectivity index (χ2v) is 4.35. The van der Waals surface area contributed by atoms with Crippen molar-refractivity contribution in [3.8, 4) is 0 Å². The van der Waals surface area contributed by atoms with E-state index in [2.05, 4.69) is 48.0 Å². The SMILES string of the molecule is CCC(C)CCc1ccc[c]c1Br. The van der Waals surface area contributed by atoms with E-state index in [1.807, 2.05) is 6.07 Å². The van der Waals surface area contributed by atoms with Crippen molar-refractivity contribution >= 4 is 15.9 Å². The van der Waals surface area contributed by atoms with Crippen molar-refractivity contribution in [2.75, 3.05) is 0 Å². The third kappa shape index (κ3) is 3.51. The molecule has 0 amide bonds. The highest BCUT2D eigenvalue weighted by atomic mass is 79.9. The van der Waals surface area contributed by atoms with E-state index in [-0.39, 0.29) is 0 Å². The minimum atomic E-state index is 0.826. The fourth-order valence-corrected chi connectivity index (χ4v) is 1.71. The van der Waals surface area contributed by atoms with Gasteiger partial charge in [-0.1, -0.05) is 38.5 Å². The quantitative estimate of drug-likeness (QED) is 0.738. The summed E-state index contributed by atoms with van der Waals surface area (Å²) in [5.41, 5.74) is 1.38. The minimum absolute atomic E-state index is 0.826. The molecular weight excluding hydrogens is 224 g/mol. The standard InChI is InChI=1S/C12H16Br/c1-3-10(2)8-9-11-6-4-5-7-12(11)13/h4-6,10H,3,8-9H2,1-2H3. The molecule has 13 heavy (non-hydrogen) atoms. The van der Waals surface area contributed by atoms with Crippen LogP contribution in [-0.4, -0.2) is 0 Å². The van der Waals surface area contributed by atoms with Gasteiger partial charge in [0.1, 0.15) is 0 Å². The summed E-state index contributed by atoms with van der Waals surface area (Å²) < 4.78 is 1.12. The fourth-order valence-electron chi connectivity index (χ4n) is 1.25. The molecule has 0 saturated heterocycles. The summed E-state index contributed by atoms with van der Waals surface area (Å²) in [6, 6.07) is 9.32. The van der Waals surface area contributed by atoms with E-state index in [0.29, 0.717) is 0 Å². The largest absolute Gasteiger partial charge is 0.0651 e. The third-order valence-corrected chi connectivity index (χ3v) is 3.23. The Morgan fingerprint density at radius 1 is 1.54 bits per heavy atom. The Kier molecular flexibility index (Phi) is 4.51. The minimum Gasteiger partial charge on any atom is -0.0651 e. The molecule has 1 atom stereocenters. The smallest absolute Gasteiger partial charge is 0.0286 e. The highest BCUT2D eigenvalue weighted by Gasteiger charge is 2.02. The van der Waals surface area contributed by atoms with E-state index < -0.39 is 0 Å². The maximum atomic E-state index is 3.51. The Morgan fingerprint density at radius 3 is 2.92 bits per heavy atom. The molecule has 0 spiro atoms. The molecule has 1 aromatic carbocycles. The number of hydrogen-bond acceptors (Lipinski definition) is 0. The molecule has 0 aliphatic heterocycles. The molecule has 1 unspecified atom stereocenters. The molecule has 0 bridgehead atoms. The molecule has 71 valence electrons. The third-order valence-electron chi connectivity index (χ3n) is 2.49. The monoisotopic (exact) mass is 239 g/mol. The van der Waals surface area contributed by atoms with Crippen molar-refractivity contribution in [2.24, 2.45) is 5.92 Å². The van der Waals surface area contributed by atoms with Gasteiger partial charge in [-0.25, -0.2) is 0 Å². The molecule has 1 radical (unpaired) electrons. The van der Waals surface area contributed by atoms with E-state index in [9.17, 15) is 0 Å². The maximum Gasteiger partial charge on any atom is 0.0286 e. The van der Waals surface area contributed by atoms with Crippen molar-refractivity contribution < 1.29 is 0 Å². The van der Waals surface area contributed by atoms with Crippen molar-refractivity contribution in [3.05, 3.63) is 34.3 Å². The molecule has 1 rings (SSSR count). The molecule has 0 aromatic heterocycles. The van der Waals surface area contributed by atoms with E-state index in [1.165, 1.54) is 18.4 Å². The van der Waals surface area contributed by atoms with E-state index >= 15 is 0 Å². The van der Waals surface area contributed by atoms with Gasteiger partial charge in [0, 0.05) is 4.47 Å². The molecule has 0 aliphatic carbocycles. The van der Waals surface area contributed by atoms with Crippen LogP contribution < -0.4 is 0 Å². The summed E-state index contributed by atoms with van der Waals surface area (Å²) in [5.74, 6) is 0.826. The second kappa shape index (κ2) is 5.43. The number of halogens is 1. The summed E-state index contributed by atoms with van der Waals surface area (Å²) in [7, 11) is 0. The normalized spacial score (nSPS) is 12.8. The first kappa shape index (κ1) is 10.8. The van der Waals surface area contributed by atoms with Gasteiger partial charge in [-0.15, -0.1) is 0 Å². The van der Waals surface area contributed by atoms with E-state index in [4.69, 9.17) is 0 Å². The first-order valence-corrected chi connectivity index (χ1v) is 5.68. The highest BCUT2D eigenvalue weighted by Crippen LogP contribution is 2.19. The van der Waals surface area contributed by atoms with Crippen LogP contribution in [0.15, 0.2) is 22.7 Å². The first-order chi connectivity index (χ1) is 6.24. The highest BCUT2D eigenvalue weighted by molar-refractivity contribution is 9.10. The van der Waals surface area contributed by atoms with Gasteiger partial charge in [0.15, 0.2) is 0 Å². The van der Waals surface area contributed by atoms with Gasteiger partial charge >= 0.3 is 0 Å². The predicted octanol–water partition coefficient (Wildman–Crippen LogP) is 4.23. The van der Waals surface area contributed by atoms with Crippen LogP contribution in [0.25, 0.3) is 0 Å². The van der Waals surface area contributed by atoms with Crippen molar-refractivity contribution in [2.45, 2.75) is 33.1 Å². The molecule has 0 N–H and O–H groups in total. The van der Waals surface area contributed by atoms with Gasteiger partial charge in [0.05, 0.1) is 0 Å². The van der Waals surface area contributed by atoms with E-state index in [1.54, 1.807) is 0 Å². The maximum absolute atomic E-state index is 3.51. The van der Waals surface area contributed by atoms with Crippen LogP contribution in [0, 0.1) is 12.0 Å². The van der Waals surface area contributed by atoms with Gasteiger partial charge in [-0.05, 0) is 46.3 Å². The number of benzene rings is 1. The fraction of sp³-hybridized carbons (Fsp3) is 0.500. The lowest BCUT2D eigenvalue weighted by Crippen LogP contribution is -1.95. The zero-order valence-electron chi connectivity index (χ0n) is 8.31. The Bertz CT molecular complexity index is 255. The Balaban J connectivity index is 2.50. The van der Waals surface area contributed by atoms with Gasteiger partial charge in [0.25, 0.3) is 0 Å². The molecule has 0 saturated carbocycles. The molecule has 1 heteroatoms. The van der Waals surface area contributed by atoms with Crippen LogP contribution in [0.4, 0.5) is 0 Å². The molecule has 0 fully saturated rings. The van der Waals surface area contributed by atoms with Gasteiger partial charge in [-0.2, -0.15) is 0 Å². The lowest BCUT2D eigenvalue weighted by Gasteiger charge is -2.08.